The zero-order valence-electron chi connectivity index (χ0n) is 13.4. The second kappa shape index (κ2) is 6.54. The van der Waals surface area contributed by atoms with E-state index in [0.717, 1.165) is 21.6 Å². The Labute approximate surface area is 140 Å². The molecule has 0 saturated carbocycles. The highest BCUT2D eigenvalue weighted by atomic mass is 32.1. The van der Waals surface area contributed by atoms with Crippen LogP contribution in [0.15, 0.2) is 35.7 Å². The number of carbonyl (C=O) groups excluding carboxylic acids is 2. The summed E-state index contributed by atoms with van der Waals surface area (Å²) in [6, 6.07) is 9.63. The predicted molar refractivity (Wildman–Crippen MR) is 92.0 cm³/mol. The molecule has 1 aromatic carbocycles. The molecule has 2 aromatic rings. The average molecular weight is 328 g/mol. The van der Waals surface area contributed by atoms with E-state index in [0.29, 0.717) is 26.2 Å². The third-order valence-corrected chi connectivity index (χ3v) is 5.06. The van der Waals surface area contributed by atoms with Gasteiger partial charge in [-0.15, -0.1) is 11.3 Å². The first-order valence-corrected chi connectivity index (χ1v) is 8.63. The van der Waals surface area contributed by atoms with Crippen molar-refractivity contribution in [3.63, 3.8) is 0 Å². The van der Waals surface area contributed by atoms with Crippen molar-refractivity contribution in [1.29, 1.82) is 0 Å². The lowest BCUT2D eigenvalue weighted by Crippen LogP contribution is -2.50. The number of nitrogens with zero attached hydrogens (tertiary/aromatic N) is 2. The van der Waals surface area contributed by atoms with Crippen LogP contribution in [0.2, 0.25) is 0 Å². The predicted octanol–water partition coefficient (Wildman–Crippen LogP) is 2.96. The third-order valence-electron chi connectivity index (χ3n) is 4.20. The molecule has 1 saturated heterocycles. The standard InChI is InChI=1S/C18H20N2O2S/c1-13-5-6-15(14(2)12-13)17(21)19-7-9-20(10-8-19)18(22)16-4-3-11-23-16/h3-6,11-12H,7-10H2,1-2H3. The van der Waals surface area contributed by atoms with Crippen molar-refractivity contribution in [2.24, 2.45) is 0 Å². The van der Waals surface area contributed by atoms with Crippen LogP contribution in [0.1, 0.15) is 31.2 Å². The second-order valence-corrected chi connectivity index (χ2v) is 6.83. The molecule has 0 bridgehead atoms. The summed E-state index contributed by atoms with van der Waals surface area (Å²) in [7, 11) is 0. The van der Waals surface area contributed by atoms with Crippen LogP contribution >= 0.6 is 11.3 Å². The number of piperazine rings is 1. The van der Waals surface area contributed by atoms with Crippen LogP contribution < -0.4 is 0 Å². The molecule has 1 fully saturated rings. The molecule has 2 amide bonds. The fraction of sp³-hybridized carbons (Fsp3) is 0.333. The van der Waals surface area contributed by atoms with Crippen molar-refractivity contribution < 1.29 is 9.59 Å². The first-order chi connectivity index (χ1) is 11.1. The van der Waals surface area contributed by atoms with Gasteiger partial charge in [0.15, 0.2) is 0 Å². The van der Waals surface area contributed by atoms with Gasteiger partial charge in [-0.3, -0.25) is 9.59 Å². The number of aryl methyl sites for hydroxylation is 2. The largest absolute Gasteiger partial charge is 0.335 e. The molecule has 3 rings (SSSR count). The normalized spacial score (nSPS) is 14.9. The minimum absolute atomic E-state index is 0.0609. The maximum absolute atomic E-state index is 12.7. The molecule has 1 aromatic heterocycles. The zero-order chi connectivity index (χ0) is 16.4. The summed E-state index contributed by atoms with van der Waals surface area (Å²) in [6.45, 7) is 6.35. The maximum atomic E-state index is 12.7. The molecule has 0 atom stereocenters. The van der Waals surface area contributed by atoms with Crippen LogP contribution in [-0.2, 0) is 0 Å². The van der Waals surface area contributed by atoms with Gasteiger partial charge in [0.25, 0.3) is 11.8 Å². The summed E-state index contributed by atoms with van der Waals surface area (Å²) in [5.74, 6) is 0.129. The summed E-state index contributed by atoms with van der Waals surface area (Å²) >= 11 is 1.46. The van der Waals surface area contributed by atoms with Crippen LogP contribution in [0, 0.1) is 13.8 Å². The van der Waals surface area contributed by atoms with E-state index in [1.807, 2.05) is 59.4 Å². The van der Waals surface area contributed by atoms with Crippen molar-refractivity contribution in [3.05, 3.63) is 57.3 Å². The minimum Gasteiger partial charge on any atom is -0.335 e. The van der Waals surface area contributed by atoms with Gasteiger partial charge in [-0.2, -0.15) is 0 Å². The Balaban J connectivity index is 1.64. The molecule has 0 N–H and O–H groups in total. The first-order valence-electron chi connectivity index (χ1n) is 7.75. The minimum atomic E-state index is 0.0609. The lowest BCUT2D eigenvalue weighted by molar-refractivity contribution is 0.0537. The molecule has 120 valence electrons. The third kappa shape index (κ3) is 3.29. The van der Waals surface area contributed by atoms with E-state index >= 15 is 0 Å². The average Bonchev–Trinajstić information content (AvgIpc) is 3.08. The summed E-state index contributed by atoms with van der Waals surface area (Å²) < 4.78 is 0. The second-order valence-electron chi connectivity index (χ2n) is 5.88. The number of thiophene rings is 1. The topological polar surface area (TPSA) is 40.6 Å². The summed E-state index contributed by atoms with van der Waals surface area (Å²) in [6.07, 6.45) is 0. The van der Waals surface area contributed by atoms with E-state index in [9.17, 15) is 9.59 Å². The van der Waals surface area contributed by atoms with Gasteiger partial charge < -0.3 is 9.80 Å². The van der Waals surface area contributed by atoms with E-state index < -0.39 is 0 Å². The Kier molecular flexibility index (Phi) is 4.48. The molecular formula is C18H20N2O2S. The molecule has 5 heteroatoms. The lowest BCUT2D eigenvalue weighted by atomic mass is 10.0. The van der Waals surface area contributed by atoms with Crippen molar-refractivity contribution in [2.75, 3.05) is 26.2 Å². The van der Waals surface area contributed by atoms with Gasteiger partial charge in [-0.05, 0) is 36.9 Å². The highest BCUT2D eigenvalue weighted by Gasteiger charge is 2.26. The number of carbonyl (C=O) groups is 2. The van der Waals surface area contributed by atoms with Gasteiger partial charge in [0.05, 0.1) is 4.88 Å². The van der Waals surface area contributed by atoms with Crippen molar-refractivity contribution in [2.45, 2.75) is 13.8 Å². The number of rotatable bonds is 2. The number of hydrogen-bond donors (Lipinski definition) is 0. The summed E-state index contributed by atoms with van der Waals surface area (Å²) in [5.41, 5.74) is 2.92. The SMILES string of the molecule is Cc1ccc(C(=O)N2CCN(C(=O)c3cccs3)CC2)c(C)c1. The first kappa shape index (κ1) is 15.7. The Morgan fingerprint density at radius 1 is 0.957 bits per heavy atom. The molecule has 4 nitrogen and oxygen atoms in total. The van der Waals surface area contributed by atoms with E-state index in [2.05, 4.69) is 0 Å². The Hall–Kier alpha value is -2.14. The van der Waals surface area contributed by atoms with Crippen LogP contribution in [0.3, 0.4) is 0 Å². The Morgan fingerprint density at radius 2 is 1.61 bits per heavy atom. The quantitative estimate of drug-likeness (QED) is 0.850. The van der Waals surface area contributed by atoms with Crippen molar-refractivity contribution in [3.8, 4) is 0 Å². The van der Waals surface area contributed by atoms with Gasteiger partial charge >= 0.3 is 0 Å². The molecular weight excluding hydrogens is 308 g/mol. The fourth-order valence-corrected chi connectivity index (χ4v) is 3.58. The van der Waals surface area contributed by atoms with E-state index in [-0.39, 0.29) is 11.8 Å². The summed E-state index contributed by atoms with van der Waals surface area (Å²) in [5, 5.41) is 1.91. The Bertz CT molecular complexity index is 717. The maximum Gasteiger partial charge on any atom is 0.264 e. The molecule has 1 aliphatic heterocycles. The van der Waals surface area contributed by atoms with Gasteiger partial charge in [-0.1, -0.05) is 23.8 Å². The van der Waals surface area contributed by atoms with Crippen molar-refractivity contribution in [1.82, 2.24) is 9.80 Å². The molecule has 0 spiro atoms. The molecule has 0 unspecified atom stereocenters. The van der Waals surface area contributed by atoms with Gasteiger partial charge in [0, 0.05) is 31.7 Å². The Morgan fingerprint density at radius 3 is 2.17 bits per heavy atom. The van der Waals surface area contributed by atoms with E-state index in [1.165, 1.54) is 11.3 Å². The van der Waals surface area contributed by atoms with E-state index in [4.69, 9.17) is 0 Å². The van der Waals surface area contributed by atoms with Gasteiger partial charge in [0.1, 0.15) is 0 Å². The molecule has 0 radical (unpaired) electrons. The molecule has 1 aliphatic rings. The highest BCUT2D eigenvalue weighted by molar-refractivity contribution is 7.12. The zero-order valence-corrected chi connectivity index (χ0v) is 14.2. The highest BCUT2D eigenvalue weighted by Crippen LogP contribution is 2.17. The molecule has 0 aliphatic carbocycles. The monoisotopic (exact) mass is 328 g/mol. The number of hydrogen-bond acceptors (Lipinski definition) is 3. The van der Waals surface area contributed by atoms with Crippen LogP contribution in [-0.4, -0.2) is 47.8 Å². The van der Waals surface area contributed by atoms with Crippen LogP contribution in [0.25, 0.3) is 0 Å². The number of benzene rings is 1. The fourth-order valence-electron chi connectivity index (χ4n) is 2.89. The van der Waals surface area contributed by atoms with Crippen molar-refractivity contribution >= 4 is 23.2 Å². The van der Waals surface area contributed by atoms with Gasteiger partial charge in [0.2, 0.25) is 0 Å². The summed E-state index contributed by atoms with van der Waals surface area (Å²) in [4.78, 5) is 29.4. The van der Waals surface area contributed by atoms with Gasteiger partial charge in [-0.25, -0.2) is 0 Å². The molecule has 23 heavy (non-hydrogen) atoms. The van der Waals surface area contributed by atoms with Crippen LogP contribution in [0.5, 0.6) is 0 Å². The smallest absolute Gasteiger partial charge is 0.264 e. The molecule has 2 heterocycles. The van der Waals surface area contributed by atoms with E-state index in [1.54, 1.807) is 0 Å². The number of amides is 2. The lowest BCUT2D eigenvalue weighted by Gasteiger charge is -2.34. The van der Waals surface area contributed by atoms with Crippen LogP contribution in [0.4, 0.5) is 0 Å².